The molecule has 5 rings (SSSR count). The molecule has 1 aromatic heterocycles. The standard InChI is InChI=1S/C32H36N2O2/c1-2-3-4-5-6-10-20-36-26-18-16-25(17-19-26)27-21-31(35)33-29-14-11-15-30-32(29)28(27)23-34(30)22-24-12-8-7-9-13-24/h7-9,11-19,23,27H,2-6,10,20-22H2,1H3,(H,33,35)/t27-/m1/s1. The predicted molar refractivity (Wildman–Crippen MR) is 148 cm³/mol. The Morgan fingerprint density at radius 3 is 2.47 bits per heavy atom. The van der Waals surface area contributed by atoms with Crippen LogP contribution in [0.5, 0.6) is 5.75 Å². The van der Waals surface area contributed by atoms with Gasteiger partial charge in [0.25, 0.3) is 0 Å². The number of carbonyl (C=O) groups is 1. The summed E-state index contributed by atoms with van der Waals surface area (Å²) in [4.78, 5) is 12.8. The molecule has 1 atom stereocenters. The van der Waals surface area contributed by atoms with Crippen molar-refractivity contribution < 1.29 is 9.53 Å². The molecule has 186 valence electrons. The van der Waals surface area contributed by atoms with Gasteiger partial charge in [0.15, 0.2) is 0 Å². The van der Waals surface area contributed by atoms with Crippen LogP contribution in [0.1, 0.15) is 74.5 Å². The van der Waals surface area contributed by atoms with E-state index < -0.39 is 0 Å². The summed E-state index contributed by atoms with van der Waals surface area (Å²) in [5.41, 5.74) is 5.66. The second-order valence-electron chi connectivity index (χ2n) is 9.89. The van der Waals surface area contributed by atoms with Crippen LogP contribution in [0.2, 0.25) is 0 Å². The van der Waals surface area contributed by atoms with E-state index in [1.165, 1.54) is 43.2 Å². The van der Waals surface area contributed by atoms with Crippen molar-refractivity contribution in [3.05, 3.63) is 95.7 Å². The van der Waals surface area contributed by atoms with Gasteiger partial charge in [-0.05, 0) is 47.4 Å². The quantitative estimate of drug-likeness (QED) is 0.222. The van der Waals surface area contributed by atoms with Crippen LogP contribution in [0.4, 0.5) is 5.69 Å². The molecule has 0 saturated heterocycles. The van der Waals surface area contributed by atoms with E-state index >= 15 is 0 Å². The molecule has 0 saturated carbocycles. The number of hydrogen-bond acceptors (Lipinski definition) is 2. The lowest BCUT2D eigenvalue weighted by Crippen LogP contribution is -2.14. The number of nitrogens with zero attached hydrogens (tertiary/aromatic N) is 1. The number of anilines is 1. The lowest BCUT2D eigenvalue weighted by molar-refractivity contribution is -0.116. The lowest BCUT2D eigenvalue weighted by Gasteiger charge is -2.15. The van der Waals surface area contributed by atoms with E-state index in [-0.39, 0.29) is 11.8 Å². The first kappa shape index (κ1) is 24.2. The largest absolute Gasteiger partial charge is 0.494 e. The summed E-state index contributed by atoms with van der Waals surface area (Å²) in [6.45, 7) is 3.80. The SMILES string of the molecule is CCCCCCCCOc1ccc([C@H]2CC(=O)Nc3cccc4c3c2cn4Cc2ccccc2)cc1. The molecular weight excluding hydrogens is 444 g/mol. The Morgan fingerprint density at radius 1 is 0.889 bits per heavy atom. The topological polar surface area (TPSA) is 43.3 Å². The van der Waals surface area contributed by atoms with Crippen LogP contribution >= 0.6 is 0 Å². The molecule has 1 aliphatic heterocycles. The van der Waals surface area contributed by atoms with Gasteiger partial charge in [-0.25, -0.2) is 0 Å². The summed E-state index contributed by atoms with van der Waals surface area (Å²) >= 11 is 0. The number of hydrogen-bond donors (Lipinski definition) is 1. The van der Waals surface area contributed by atoms with Crippen molar-refractivity contribution in [2.24, 2.45) is 0 Å². The van der Waals surface area contributed by atoms with E-state index in [2.05, 4.69) is 77.6 Å². The fraction of sp³-hybridized carbons (Fsp3) is 0.344. The maximum absolute atomic E-state index is 12.8. The number of unbranched alkanes of at least 4 members (excludes halogenated alkanes) is 5. The third kappa shape index (κ3) is 5.48. The van der Waals surface area contributed by atoms with Gasteiger partial charge in [0.2, 0.25) is 5.91 Å². The fourth-order valence-corrected chi connectivity index (χ4v) is 5.33. The molecule has 3 aromatic carbocycles. The molecule has 4 heteroatoms. The van der Waals surface area contributed by atoms with E-state index in [0.717, 1.165) is 47.5 Å². The lowest BCUT2D eigenvalue weighted by atomic mass is 9.88. The van der Waals surface area contributed by atoms with Gasteiger partial charge in [0.05, 0.1) is 17.8 Å². The third-order valence-electron chi connectivity index (χ3n) is 7.22. The zero-order valence-electron chi connectivity index (χ0n) is 21.2. The zero-order chi connectivity index (χ0) is 24.7. The number of carbonyl (C=O) groups excluding carboxylic acids is 1. The first-order chi connectivity index (χ1) is 17.7. The Kier molecular flexibility index (Phi) is 7.70. The normalized spacial score (nSPS) is 15.0. The van der Waals surface area contributed by atoms with Gasteiger partial charge >= 0.3 is 0 Å². The minimum Gasteiger partial charge on any atom is -0.494 e. The van der Waals surface area contributed by atoms with Crippen LogP contribution in [0.3, 0.4) is 0 Å². The minimum atomic E-state index is 0.000731. The second kappa shape index (κ2) is 11.5. The molecule has 0 bridgehead atoms. The van der Waals surface area contributed by atoms with Gasteiger partial charge in [0.1, 0.15) is 5.75 Å². The van der Waals surface area contributed by atoms with Gasteiger partial charge in [-0.2, -0.15) is 0 Å². The summed E-state index contributed by atoms with van der Waals surface area (Å²) in [6.07, 6.45) is 10.2. The molecule has 36 heavy (non-hydrogen) atoms. The van der Waals surface area contributed by atoms with Crippen molar-refractivity contribution in [2.45, 2.75) is 64.3 Å². The molecule has 4 aromatic rings. The van der Waals surface area contributed by atoms with Crippen molar-refractivity contribution in [1.29, 1.82) is 0 Å². The van der Waals surface area contributed by atoms with E-state index in [4.69, 9.17) is 4.74 Å². The van der Waals surface area contributed by atoms with Crippen LogP contribution in [0, 0.1) is 0 Å². The van der Waals surface area contributed by atoms with Crippen LogP contribution in [-0.4, -0.2) is 17.1 Å². The van der Waals surface area contributed by atoms with Gasteiger partial charge in [-0.15, -0.1) is 0 Å². The highest BCUT2D eigenvalue weighted by Gasteiger charge is 2.27. The monoisotopic (exact) mass is 480 g/mol. The minimum absolute atomic E-state index is 0.000731. The zero-order valence-corrected chi connectivity index (χ0v) is 21.2. The Balaban J connectivity index is 1.36. The maximum Gasteiger partial charge on any atom is 0.225 e. The van der Waals surface area contributed by atoms with Crippen molar-refractivity contribution in [3.63, 3.8) is 0 Å². The molecule has 0 spiro atoms. The fourth-order valence-electron chi connectivity index (χ4n) is 5.33. The number of rotatable bonds is 11. The predicted octanol–water partition coefficient (Wildman–Crippen LogP) is 7.90. The summed E-state index contributed by atoms with van der Waals surface area (Å²) < 4.78 is 8.31. The molecule has 2 heterocycles. The first-order valence-corrected chi connectivity index (χ1v) is 13.4. The molecule has 1 amide bonds. The first-order valence-electron chi connectivity index (χ1n) is 13.4. The molecule has 0 radical (unpaired) electrons. The molecule has 0 unspecified atom stereocenters. The Labute approximate surface area is 214 Å². The van der Waals surface area contributed by atoms with E-state index in [0.29, 0.717) is 6.42 Å². The van der Waals surface area contributed by atoms with Gasteiger partial charge in [-0.3, -0.25) is 4.79 Å². The average molecular weight is 481 g/mol. The van der Waals surface area contributed by atoms with Crippen molar-refractivity contribution in [3.8, 4) is 5.75 Å². The highest BCUT2D eigenvalue weighted by atomic mass is 16.5. The van der Waals surface area contributed by atoms with Crippen molar-refractivity contribution in [2.75, 3.05) is 11.9 Å². The molecular formula is C32H36N2O2. The van der Waals surface area contributed by atoms with E-state index in [1.54, 1.807) is 0 Å². The molecule has 1 aliphatic rings. The Morgan fingerprint density at radius 2 is 1.67 bits per heavy atom. The van der Waals surface area contributed by atoms with Gasteiger partial charge in [-0.1, -0.05) is 87.6 Å². The smallest absolute Gasteiger partial charge is 0.225 e. The van der Waals surface area contributed by atoms with Gasteiger partial charge < -0.3 is 14.6 Å². The van der Waals surface area contributed by atoms with Crippen molar-refractivity contribution in [1.82, 2.24) is 4.57 Å². The van der Waals surface area contributed by atoms with Crippen molar-refractivity contribution >= 4 is 22.5 Å². The highest BCUT2D eigenvalue weighted by molar-refractivity contribution is 6.06. The van der Waals surface area contributed by atoms with Crippen LogP contribution in [-0.2, 0) is 11.3 Å². The number of nitrogens with one attached hydrogen (secondary N) is 1. The number of aromatic nitrogens is 1. The van der Waals surface area contributed by atoms with E-state index in [9.17, 15) is 4.79 Å². The van der Waals surface area contributed by atoms with E-state index in [1.807, 2.05) is 18.2 Å². The second-order valence-corrected chi connectivity index (χ2v) is 9.89. The van der Waals surface area contributed by atoms with Crippen LogP contribution in [0.25, 0.3) is 10.9 Å². The van der Waals surface area contributed by atoms with Gasteiger partial charge in [0, 0.05) is 30.5 Å². The molecule has 4 nitrogen and oxygen atoms in total. The molecule has 0 aliphatic carbocycles. The molecule has 0 fully saturated rings. The summed E-state index contributed by atoms with van der Waals surface area (Å²) in [7, 11) is 0. The Bertz CT molecular complexity index is 1290. The number of ether oxygens (including phenoxy) is 1. The number of benzene rings is 3. The molecule has 1 N–H and O–H groups in total. The summed E-state index contributed by atoms with van der Waals surface area (Å²) in [5.74, 6) is 0.958. The van der Waals surface area contributed by atoms with Crippen LogP contribution in [0.15, 0.2) is 79.0 Å². The Hall–Kier alpha value is -3.53. The maximum atomic E-state index is 12.8. The summed E-state index contributed by atoms with van der Waals surface area (Å²) in [6, 6.07) is 25.1. The number of amides is 1. The average Bonchev–Trinajstić information content (AvgIpc) is 3.19. The highest BCUT2D eigenvalue weighted by Crippen LogP contribution is 2.41. The third-order valence-corrected chi connectivity index (χ3v) is 7.22. The summed E-state index contributed by atoms with van der Waals surface area (Å²) in [5, 5.41) is 4.30. The van der Waals surface area contributed by atoms with Crippen LogP contribution < -0.4 is 10.1 Å².